The number of aliphatic carboxylic acids is 1. The van der Waals surface area contributed by atoms with E-state index in [1.165, 1.54) is 23.9 Å². The Bertz CT molecular complexity index is 623. The van der Waals surface area contributed by atoms with Crippen LogP contribution in [0.2, 0.25) is 0 Å². The summed E-state index contributed by atoms with van der Waals surface area (Å²) in [4.78, 5) is 10.7. The monoisotopic (exact) mass is 308 g/mol. The molecular weight excluding hydrogens is 291 g/mol. The summed E-state index contributed by atoms with van der Waals surface area (Å²) in [6.07, 6.45) is 0.814. The molecule has 0 spiro atoms. The van der Waals surface area contributed by atoms with E-state index in [1.807, 2.05) is 6.07 Å². The zero-order valence-electron chi connectivity index (χ0n) is 11.9. The fourth-order valence-electron chi connectivity index (χ4n) is 1.93. The largest absolute Gasteiger partial charge is 0.481 e. The van der Waals surface area contributed by atoms with Gasteiger partial charge in [0.1, 0.15) is 10.8 Å². The van der Waals surface area contributed by atoms with Crippen LogP contribution >= 0.6 is 11.8 Å². The maximum Gasteiger partial charge on any atom is 0.313 e. The quantitative estimate of drug-likeness (QED) is 0.831. The van der Waals surface area contributed by atoms with Crippen LogP contribution in [-0.4, -0.2) is 26.6 Å². The Balaban J connectivity index is 2.33. The van der Waals surface area contributed by atoms with Crippen LogP contribution < -0.4 is 0 Å². The van der Waals surface area contributed by atoms with E-state index in [2.05, 4.69) is 18.9 Å². The van der Waals surface area contributed by atoms with Gasteiger partial charge in [-0.05, 0) is 42.7 Å². The third kappa shape index (κ3) is 4.32. The van der Waals surface area contributed by atoms with Crippen molar-refractivity contribution >= 4 is 17.7 Å². The molecule has 1 heterocycles. The average Bonchev–Trinajstić information content (AvgIpc) is 2.79. The highest BCUT2D eigenvalue weighted by molar-refractivity contribution is 7.99. The summed E-state index contributed by atoms with van der Waals surface area (Å²) >= 11 is 1.21. The lowest BCUT2D eigenvalue weighted by atomic mass is 10.1. The number of thioether (sulfide) groups is 1. The third-order valence-electron chi connectivity index (χ3n) is 2.76. The van der Waals surface area contributed by atoms with Gasteiger partial charge in [0, 0.05) is 0 Å². The number of aromatic nitrogens is 2. The Morgan fingerprint density at radius 2 is 2.05 bits per heavy atom. The van der Waals surface area contributed by atoms with E-state index < -0.39 is 5.97 Å². The Morgan fingerprint density at radius 3 is 2.62 bits per heavy atom. The van der Waals surface area contributed by atoms with Gasteiger partial charge in [0.05, 0.1) is 17.1 Å². The molecule has 0 atom stereocenters. The standard InChI is InChI=1S/C15H17FN2O2S/c1-10(2)7-12-8-14(21-9-15(19)20)18(17-12)13-5-3-11(16)4-6-13/h3-6,8,10H,7,9H2,1-2H3,(H,19,20). The van der Waals surface area contributed by atoms with Crippen molar-refractivity contribution < 1.29 is 14.3 Å². The second-order valence-corrected chi connectivity index (χ2v) is 6.14. The van der Waals surface area contributed by atoms with Gasteiger partial charge in [-0.2, -0.15) is 5.10 Å². The van der Waals surface area contributed by atoms with E-state index in [1.54, 1.807) is 16.8 Å². The van der Waals surface area contributed by atoms with Crippen LogP contribution in [0.1, 0.15) is 19.5 Å². The molecule has 21 heavy (non-hydrogen) atoms. The van der Waals surface area contributed by atoms with Crippen LogP contribution in [0, 0.1) is 11.7 Å². The highest BCUT2D eigenvalue weighted by Crippen LogP contribution is 2.24. The summed E-state index contributed by atoms with van der Waals surface area (Å²) in [5.41, 5.74) is 1.63. The summed E-state index contributed by atoms with van der Waals surface area (Å²) < 4.78 is 14.7. The van der Waals surface area contributed by atoms with Gasteiger partial charge < -0.3 is 5.11 Å². The van der Waals surface area contributed by atoms with Gasteiger partial charge in [0.2, 0.25) is 0 Å². The minimum Gasteiger partial charge on any atom is -0.481 e. The molecular formula is C15H17FN2O2S. The molecule has 4 nitrogen and oxygen atoms in total. The fourth-order valence-corrected chi connectivity index (χ4v) is 2.69. The Labute approximate surface area is 127 Å². The summed E-state index contributed by atoms with van der Waals surface area (Å²) in [6.45, 7) is 4.20. The molecule has 0 fully saturated rings. The van der Waals surface area contributed by atoms with Crippen molar-refractivity contribution in [3.05, 3.63) is 41.8 Å². The van der Waals surface area contributed by atoms with E-state index in [0.717, 1.165) is 22.8 Å². The molecule has 1 N–H and O–H groups in total. The first-order valence-corrected chi connectivity index (χ1v) is 7.63. The number of benzene rings is 1. The first kappa shape index (κ1) is 15.6. The molecule has 0 aliphatic carbocycles. The number of halogens is 1. The molecule has 0 radical (unpaired) electrons. The van der Waals surface area contributed by atoms with Crippen LogP contribution in [0.25, 0.3) is 5.69 Å². The van der Waals surface area contributed by atoms with Gasteiger partial charge in [-0.25, -0.2) is 9.07 Å². The van der Waals surface area contributed by atoms with Crippen molar-refractivity contribution in [1.82, 2.24) is 9.78 Å². The maximum absolute atomic E-state index is 13.0. The van der Waals surface area contributed by atoms with Gasteiger partial charge >= 0.3 is 5.97 Å². The molecule has 0 saturated heterocycles. The highest BCUT2D eigenvalue weighted by Gasteiger charge is 2.13. The minimum atomic E-state index is -0.878. The van der Waals surface area contributed by atoms with E-state index in [4.69, 9.17) is 5.11 Å². The highest BCUT2D eigenvalue weighted by atomic mass is 32.2. The van der Waals surface area contributed by atoms with Gasteiger partial charge in [-0.1, -0.05) is 25.6 Å². The lowest BCUT2D eigenvalue weighted by Crippen LogP contribution is -2.03. The van der Waals surface area contributed by atoms with Crippen molar-refractivity contribution in [2.75, 3.05) is 5.75 Å². The van der Waals surface area contributed by atoms with Crippen LogP contribution in [0.4, 0.5) is 4.39 Å². The van der Waals surface area contributed by atoms with Gasteiger partial charge in [-0.3, -0.25) is 4.79 Å². The molecule has 0 aliphatic rings. The molecule has 1 aromatic carbocycles. The first-order chi connectivity index (χ1) is 9.95. The summed E-state index contributed by atoms with van der Waals surface area (Å²) in [7, 11) is 0. The van der Waals surface area contributed by atoms with Crippen LogP contribution in [0.5, 0.6) is 0 Å². The van der Waals surface area contributed by atoms with E-state index >= 15 is 0 Å². The molecule has 0 unspecified atom stereocenters. The second-order valence-electron chi connectivity index (χ2n) is 5.14. The molecule has 2 rings (SSSR count). The number of carboxylic acids is 1. The Morgan fingerprint density at radius 1 is 1.38 bits per heavy atom. The van der Waals surface area contributed by atoms with E-state index in [-0.39, 0.29) is 11.6 Å². The zero-order valence-corrected chi connectivity index (χ0v) is 12.7. The third-order valence-corrected chi connectivity index (χ3v) is 3.74. The fraction of sp³-hybridized carbons (Fsp3) is 0.333. The molecule has 0 bridgehead atoms. The maximum atomic E-state index is 13.0. The topological polar surface area (TPSA) is 55.1 Å². The molecule has 0 amide bonds. The first-order valence-electron chi connectivity index (χ1n) is 6.65. The normalized spacial score (nSPS) is 11.0. The van der Waals surface area contributed by atoms with E-state index in [0.29, 0.717) is 5.92 Å². The second kappa shape index (κ2) is 6.76. The van der Waals surface area contributed by atoms with Crippen LogP contribution in [0.3, 0.4) is 0 Å². The number of rotatable bonds is 6. The van der Waals surface area contributed by atoms with Crippen molar-refractivity contribution in [1.29, 1.82) is 0 Å². The number of nitrogens with zero attached hydrogens (tertiary/aromatic N) is 2. The van der Waals surface area contributed by atoms with Crippen molar-refractivity contribution in [2.24, 2.45) is 5.92 Å². The van der Waals surface area contributed by atoms with Crippen LogP contribution in [0.15, 0.2) is 35.4 Å². The molecule has 0 aliphatic heterocycles. The predicted octanol–water partition coefficient (Wildman–Crippen LogP) is 3.39. The van der Waals surface area contributed by atoms with Crippen LogP contribution in [-0.2, 0) is 11.2 Å². The van der Waals surface area contributed by atoms with Crippen molar-refractivity contribution in [3.63, 3.8) is 0 Å². The summed E-state index contributed by atoms with van der Waals surface area (Å²) in [5, 5.41) is 14.1. The summed E-state index contributed by atoms with van der Waals surface area (Å²) in [5.74, 6) is -0.766. The lowest BCUT2D eigenvalue weighted by Gasteiger charge is -2.06. The molecule has 1 aromatic heterocycles. The predicted molar refractivity (Wildman–Crippen MR) is 80.4 cm³/mol. The van der Waals surface area contributed by atoms with Crippen molar-refractivity contribution in [3.8, 4) is 5.69 Å². The smallest absolute Gasteiger partial charge is 0.313 e. The molecule has 0 saturated carbocycles. The van der Waals surface area contributed by atoms with Gasteiger partial charge in [0.15, 0.2) is 0 Å². The van der Waals surface area contributed by atoms with Gasteiger partial charge in [-0.15, -0.1) is 0 Å². The zero-order chi connectivity index (χ0) is 15.4. The number of hydrogen-bond donors (Lipinski definition) is 1. The number of carboxylic acid groups (broad SMARTS) is 1. The number of hydrogen-bond acceptors (Lipinski definition) is 3. The Kier molecular flexibility index (Phi) is 5.01. The molecule has 2 aromatic rings. The minimum absolute atomic E-state index is 0.0337. The van der Waals surface area contributed by atoms with E-state index in [9.17, 15) is 9.18 Å². The molecule has 6 heteroatoms. The Hall–Kier alpha value is -1.82. The van der Waals surface area contributed by atoms with Crippen molar-refractivity contribution in [2.45, 2.75) is 25.3 Å². The van der Waals surface area contributed by atoms with Gasteiger partial charge in [0.25, 0.3) is 0 Å². The number of carbonyl (C=O) groups is 1. The lowest BCUT2D eigenvalue weighted by molar-refractivity contribution is -0.133. The molecule has 112 valence electrons. The SMILES string of the molecule is CC(C)Cc1cc(SCC(=O)O)n(-c2ccc(F)cc2)n1. The average molecular weight is 308 g/mol. The summed E-state index contributed by atoms with van der Waals surface area (Å²) in [6, 6.07) is 7.89.